The molecule has 2 aliphatic heterocycles. The second kappa shape index (κ2) is 10.5. The van der Waals surface area contributed by atoms with Gasteiger partial charge in [0.05, 0.1) is 32.9 Å². The Hall–Kier alpha value is -2.47. The average Bonchev–Trinajstić information content (AvgIpc) is 3.46. The second-order valence-electron chi connectivity index (χ2n) is 10.3. The predicted octanol–water partition coefficient (Wildman–Crippen LogP) is 1.60. The lowest BCUT2D eigenvalue weighted by atomic mass is 9.72. The summed E-state index contributed by atoms with van der Waals surface area (Å²) in [6.45, 7) is 9.17. The number of nitrogens with zero attached hydrogens (tertiary/aromatic N) is 4. The van der Waals surface area contributed by atoms with Crippen molar-refractivity contribution in [2.45, 2.75) is 57.8 Å². The minimum absolute atomic E-state index is 0.0370. The molecule has 0 aliphatic carbocycles. The minimum atomic E-state index is -1.47. The lowest BCUT2D eigenvalue weighted by Crippen LogP contribution is -2.54. The van der Waals surface area contributed by atoms with Crippen molar-refractivity contribution in [1.82, 2.24) is 15.1 Å². The lowest BCUT2D eigenvalue weighted by molar-refractivity contribution is -0.141. The predicted molar refractivity (Wildman–Crippen MR) is 136 cm³/mol. The number of likely N-dealkylation sites (tertiary alicyclic amines) is 1. The molecule has 0 radical (unpaired) electrons. The van der Waals surface area contributed by atoms with E-state index in [4.69, 9.17) is 9.47 Å². The molecule has 4 rings (SSSR count). The quantitative estimate of drug-likeness (QED) is 0.452. The first-order valence-electron chi connectivity index (χ1n) is 12.3. The molecule has 10 nitrogen and oxygen atoms in total. The molecular weight excluding hydrogens is 484 g/mol. The van der Waals surface area contributed by atoms with Gasteiger partial charge < -0.3 is 34.6 Å². The number of aliphatic hydroxyl groups is 3. The summed E-state index contributed by atoms with van der Waals surface area (Å²) in [6.07, 6.45) is -2.21. The highest BCUT2D eigenvalue weighted by Gasteiger charge is 2.49. The third-order valence-corrected chi connectivity index (χ3v) is 8.67. The Bertz CT molecular complexity index is 1070. The van der Waals surface area contributed by atoms with Crippen molar-refractivity contribution in [1.29, 1.82) is 0 Å². The molecule has 1 amide bonds. The largest absolute Gasteiger partial charge is 0.493 e. The summed E-state index contributed by atoms with van der Waals surface area (Å²) in [4.78, 5) is 16.2. The van der Waals surface area contributed by atoms with E-state index in [9.17, 15) is 20.1 Å². The summed E-state index contributed by atoms with van der Waals surface area (Å²) in [7, 11) is 1.59. The van der Waals surface area contributed by atoms with E-state index >= 15 is 0 Å². The Balaban J connectivity index is 1.51. The number of carbonyl (C=O) groups is 1. The third kappa shape index (κ3) is 5.02. The zero-order chi connectivity index (χ0) is 26.2. The fourth-order valence-corrected chi connectivity index (χ4v) is 5.68. The van der Waals surface area contributed by atoms with Crippen LogP contribution in [0.5, 0.6) is 11.5 Å². The molecule has 2 aromatic rings. The van der Waals surface area contributed by atoms with Gasteiger partial charge >= 0.3 is 0 Å². The highest BCUT2D eigenvalue weighted by Crippen LogP contribution is 2.47. The van der Waals surface area contributed by atoms with Crippen LogP contribution in [0.15, 0.2) is 18.2 Å². The van der Waals surface area contributed by atoms with Gasteiger partial charge in [0.15, 0.2) is 17.6 Å². The van der Waals surface area contributed by atoms with E-state index < -0.39 is 30.1 Å². The van der Waals surface area contributed by atoms with Crippen molar-refractivity contribution in [3.63, 3.8) is 0 Å². The van der Waals surface area contributed by atoms with E-state index in [0.717, 1.165) is 15.7 Å². The number of hydrogen-bond acceptors (Lipinski definition) is 10. The minimum Gasteiger partial charge on any atom is -0.493 e. The first-order chi connectivity index (χ1) is 17.1. The molecule has 2 fully saturated rings. The molecule has 198 valence electrons. The fourth-order valence-electron chi connectivity index (χ4n) is 4.82. The smallest absolute Gasteiger partial charge is 0.253 e. The summed E-state index contributed by atoms with van der Waals surface area (Å²) in [5, 5.41) is 40.2. The van der Waals surface area contributed by atoms with E-state index in [1.807, 2.05) is 25.1 Å². The number of ether oxygens (including phenoxy) is 2. The molecule has 3 heterocycles. The molecule has 2 unspecified atom stereocenters. The van der Waals surface area contributed by atoms with Gasteiger partial charge in [-0.2, -0.15) is 0 Å². The maximum Gasteiger partial charge on any atom is 0.253 e. The number of amides is 1. The number of rotatable bonds is 9. The van der Waals surface area contributed by atoms with Gasteiger partial charge in [-0.25, -0.2) is 0 Å². The number of carbonyl (C=O) groups excluding carboxylic acids is 1. The van der Waals surface area contributed by atoms with Crippen molar-refractivity contribution in [3.8, 4) is 11.5 Å². The standard InChI is InChI=1S/C25H36N4O6S/c1-14(2)22-26-27-24(36-22)28-9-17(10-28)35-21-8-16(6-7-20(21)34-5)18-11-29(23(33)19(32)12-30)13-25(18,4)15(3)31/h6-8,14-15,17-19,30-32H,9-13H2,1-5H3/t15?,18-,19?,25-/m0/s1. The first-order valence-corrected chi connectivity index (χ1v) is 13.1. The maximum atomic E-state index is 12.6. The molecular formula is C25H36N4O6S. The summed E-state index contributed by atoms with van der Waals surface area (Å²) < 4.78 is 11.9. The van der Waals surface area contributed by atoms with Gasteiger partial charge in [0, 0.05) is 30.3 Å². The zero-order valence-electron chi connectivity index (χ0n) is 21.4. The number of benzene rings is 1. The highest BCUT2D eigenvalue weighted by atomic mass is 32.1. The lowest BCUT2D eigenvalue weighted by Gasteiger charge is -2.39. The molecule has 0 spiro atoms. The summed E-state index contributed by atoms with van der Waals surface area (Å²) in [5.74, 6) is 0.819. The molecule has 1 aromatic carbocycles. The van der Waals surface area contributed by atoms with Gasteiger partial charge in [0.25, 0.3) is 5.91 Å². The SMILES string of the molecule is COc1ccc([C@@H]2CN(C(=O)C(O)CO)C[C@@]2(C)C(C)O)cc1OC1CN(c2nnc(C(C)C)s2)C1. The highest BCUT2D eigenvalue weighted by molar-refractivity contribution is 7.15. The second-order valence-corrected chi connectivity index (χ2v) is 11.3. The Morgan fingerprint density at radius 3 is 2.50 bits per heavy atom. The van der Waals surface area contributed by atoms with Gasteiger partial charge in [-0.1, -0.05) is 38.2 Å². The van der Waals surface area contributed by atoms with Crippen LogP contribution >= 0.6 is 11.3 Å². The van der Waals surface area contributed by atoms with Crippen LogP contribution in [-0.2, 0) is 4.79 Å². The van der Waals surface area contributed by atoms with Crippen molar-refractivity contribution in [3.05, 3.63) is 28.8 Å². The van der Waals surface area contributed by atoms with Gasteiger partial charge in [-0.05, 0) is 24.6 Å². The molecule has 36 heavy (non-hydrogen) atoms. The van der Waals surface area contributed by atoms with Crippen LogP contribution < -0.4 is 14.4 Å². The third-order valence-electron chi connectivity index (χ3n) is 7.38. The van der Waals surface area contributed by atoms with Crippen LogP contribution in [0.2, 0.25) is 0 Å². The molecule has 0 saturated carbocycles. The van der Waals surface area contributed by atoms with Crippen molar-refractivity contribution < 1.29 is 29.6 Å². The van der Waals surface area contributed by atoms with Crippen LogP contribution in [0.1, 0.15) is 50.1 Å². The zero-order valence-corrected chi connectivity index (χ0v) is 22.2. The Kier molecular flexibility index (Phi) is 7.75. The number of methoxy groups -OCH3 is 1. The van der Waals surface area contributed by atoms with E-state index in [2.05, 4.69) is 28.9 Å². The molecule has 3 N–H and O–H groups in total. The summed E-state index contributed by atoms with van der Waals surface area (Å²) in [5.41, 5.74) is 0.264. The molecule has 11 heteroatoms. The maximum absolute atomic E-state index is 12.6. The summed E-state index contributed by atoms with van der Waals surface area (Å²) >= 11 is 1.60. The van der Waals surface area contributed by atoms with E-state index in [1.165, 1.54) is 4.90 Å². The summed E-state index contributed by atoms with van der Waals surface area (Å²) in [6, 6.07) is 5.69. The van der Waals surface area contributed by atoms with Gasteiger partial charge in [-0.3, -0.25) is 4.79 Å². The Morgan fingerprint density at radius 1 is 1.19 bits per heavy atom. The number of aliphatic hydroxyl groups excluding tert-OH is 3. The van der Waals surface area contributed by atoms with Gasteiger partial charge in [0.1, 0.15) is 11.1 Å². The van der Waals surface area contributed by atoms with Gasteiger partial charge in [-0.15, -0.1) is 10.2 Å². The Labute approximate surface area is 215 Å². The molecule has 0 bridgehead atoms. The van der Waals surface area contributed by atoms with Crippen LogP contribution in [0.4, 0.5) is 5.13 Å². The number of anilines is 1. The molecule has 4 atom stereocenters. The molecule has 2 saturated heterocycles. The van der Waals surface area contributed by atoms with Crippen molar-refractivity contribution >= 4 is 22.4 Å². The molecule has 1 aromatic heterocycles. The average molecular weight is 521 g/mol. The Morgan fingerprint density at radius 2 is 1.92 bits per heavy atom. The van der Waals surface area contributed by atoms with Crippen molar-refractivity contribution in [2.24, 2.45) is 5.41 Å². The topological polar surface area (TPSA) is 128 Å². The monoisotopic (exact) mass is 520 g/mol. The van der Waals surface area contributed by atoms with Crippen molar-refractivity contribution in [2.75, 3.05) is 44.8 Å². The van der Waals surface area contributed by atoms with Crippen LogP contribution in [0.3, 0.4) is 0 Å². The number of hydrogen-bond donors (Lipinski definition) is 3. The normalized spacial score (nSPS) is 24.1. The fraction of sp³-hybridized carbons (Fsp3) is 0.640. The van der Waals surface area contributed by atoms with E-state index in [1.54, 1.807) is 25.4 Å². The van der Waals surface area contributed by atoms with E-state index in [0.29, 0.717) is 37.1 Å². The first kappa shape index (κ1) is 26.6. The van der Waals surface area contributed by atoms with E-state index in [-0.39, 0.29) is 18.6 Å². The van der Waals surface area contributed by atoms with Crippen LogP contribution in [-0.4, -0.2) is 94.5 Å². The van der Waals surface area contributed by atoms with Crippen LogP contribution in [0.25, 0.3) is 0 Å². The van der Waals surface area contributed by atoms with Crippen LogP contribution in [0, 0.1) is 5.41 Å². The number of aromatic nitrogens is 2. The van der Waals surface area contributed by atoms with Gasteiger partial charge in [0.2, 0.25) is 5.13 Å². The molecule has 2 aliphatic rings.